The van der Waals surface area contributed by atoms with Crippen molar-refractivity contribution in [3.63, 3.8) is 0 Å². The van der Waals surface area contributed by atoms with Gasteiger partial charge in [-0.25, -0.2) is 0 Å². The van der Waals surface area contributed by atoms with Crippen molar-refractivity contribution in [2.45, 2.75) is 148 Å². The van der Waals surface area contributed by atoms with Crippen LogP contribution in [0.15, 0.2) is 0 Å². The Morgan fingerprint density at radius 1 is 0.538 bits per heavy atom. The topological polar surface area (TPSA) is 37.3 Å². The molecule has 156 valence electrons. The van der Waals surface area contributed by atoms with E-state index in [-0.39, 0.29) is 0 Å². The smallest absolute Gasteiger partial charge is 0.303 e. The minimum Gasteiger partial charge on any atom is -0.481 e. The van der Waals surface area contributed by atoms with Crippen LogP contribution in [0.25, 0.3) is 0 Å². The lowest BCUT2D eigenvalue weighted by Gasteiger charge is -2.05. The van der Waals surface area contributed by atoms with Crippen molar-refractivity contribution in [1.82, 2.24) is 0 Å². The normalized spacial score (nSPS) is 13.9. The average Bonchev–Trinajstić information content (AvgIpc) is 2.66. The standard InChI is InChI=1S/C18H36O2.C6H12/c1-2-3-4-5-6-7-8-9-10-11-12-13-14-15-16-17-18(19)20;1-2-4-6-5-3-1/h2-17H2,1H3,(H,19,20);1-6H2. The van der Waals surface area contributed by atoms with Crippen LogP contribution >= 0.6 is 0 Å². The van der Waals surface area contributed by atoms with Crippen LogP contribution < -0.4 is 0 Å². The van der Waals surface area contributed by atoms with E-state index < -0.39 is 5.97 Å². The second-order valence-corrected chi connectivity index (χ2v) is 8.21. The molecule has 1 aliphatic rings. The van der Waals surface area contributed by atoms with Crippen molar-refractivity contribution < 1.29 is 9.90 Å². The number of carboxylic acids is 1. The Kier molecular flexibility index (Phi) is 22.1. The summed E-state index contributed by atoms with van der Waals surface area (Å²) in [5.41, 5.74) is 0. The molecule has 2 heteroatoms. The van der Waals surface area contributed by atoms with Crippen LogP contribution in [0.1, 0.15) is 148 Å². The van der Waals surface area contributed by atoms with Crippen LogP contribution in [0.5, 0.6) is 0 Å². The summed E-state index contributed by atoms with van der Waals surface area (Å²) in [7, 11) is 0. The Morgan fingerprint density at radius 3 is 1.08 bits per heavy atom. The van der Waals surface area contributed by atoms with Gasteiger partial charge >= 0.3 is 5.97 Å². The van der Waals surface area contributed by atoms with Crippen LogP contribution in [-0.2, 0) is 4.79 Å². The number of unbranched alkanes of at least 4 members (excludes halogenated alkanes) is 14. The van der Waals surface area contributed by atoms with Gasteiger partial charge in [0.25, 0.3) is 0 Å². The van der Waals surface area contributed by atoms with E-state index in [1.165, 1.54) is 122 Å². The van der Waals surface area contributed by atoms with Gasteiger partial charge in [-0.1, -0.05) is 135 Å². The molecule has 0 atom stereocenters. The summed E-state index contributed by atoms with van der Waals surface area (Å²) in [6.07, 6.45) is 29.2. The van der Waals surface area contributed by atoms with Gasteiger partial charge in [0.2, 0.25) is 0 Å². The van der Waals surface area contributed by atoms with Gasteiger partial charge in [-0.15, -0.1) is 0 Å². The molecule has 2 nitrogen and oxygen atoms in total. The Labute approximate surface area is 164 Å². The van der Waals surface area contributed by atoms with Crippen LogP contribution in [0.2, 0.25) is 0 Å². The van der Waals surface area contributed by atoms with Crippen molar-refractivity contribution in [3.8, 4) is 0 Å². The highest BCUT2D eigenvalue weighted by Gasteiger charge is 1.97. The molecule has 0 unspecified atom stereocenters. The van der Waals surface area contributed by atoms with Gasteiger partial charge in [0.15, 0.2) is 0 Å². The largest absolute Gasteiger partial charge is 0.481 e. The molecule has 1 rings (SSSR count). The summed E-state index contributed by atoms with van der Waals surface area (Å²) >= 11 is 0. The number of aliphatic carboxylic acids is 1. The molecule has 0 aromatic rings. The van der Waals surface area contributed by atoms with Crippen molar-refractivity contribution in [2.24, 2.45) is 0 Å². The lowest BCUT2D eigenvalue weighted by atomic mass is 10.0. The quantitative estimate of drug-likeness (QED) is 0.277. The number of hydrogen-bond acceptors (Lipinski definition) is 1. The predicted octanol–water partition coefficient (Wildman–Crippen LogP) is 8.67. The number of carboxylic acid groups (broad SMARTS) is 1. The molecule has 0 radical (unpaired) electrons. The van der Waals surface area contributed by atoms with Crippen LogP contribution in [0.3, 0.4) is 0 Å². The van der Waals surface area contributed by atoms with Gasteiger partial charge in [-0.2, -0.15) is 0 Å². The fourth-order valence-corrected chi connectivity index (χ4v) is 3.71. The number of rotatable bonds is 16. The van der Waals surface area contributed by atoms with E-state index in [1.54, 1.807) is 0 Å². The molecule has 0 saturated heterocycles. The zero-order valence-corrected chi connectivity index (χ0v) is 17.9. The Hall–Kier alpha value is -0.530. The molecule has 1 N–H and O–H groups in total. The molecule has 0 amide bonds. The first-order chi connectivity index (χ1) is 12.8. The molecule has 1 fully saturated rings. The lowest BCUT2D eigenvalue weighted by Crippen LogP contribution is -1.93. The van der Waals surface area contributed by atoms with Gasteiger partial charge in [-0.05, 0) is 6.42 Å². The second kappa shape index (κ2) is 22.5. The summed E-state index contributed by atoms with van der Waals surface area (Å²) in [4.78, 5) is 10.3. The summed E-state index contributed by atoms with van der Waals surface area (Å²) in [5, 5.41) is 8.52. The monoisotopic (exact) mass is 368 g/mol. The Balaban J connectivity index is 0.000000867. The second-order valence-electron chi connectivity index (χ2n) is 8.21. The third kappa shape index (κ3) is 23.5. The van der Waals surface area contributed by atoms with Crippen LogP contribution in [0.4, 0.5) is 0 Å². The molecule has 26 heavy (non-hydrogen) atoms. The predicted molar refractivity (Wildman–Crippen MR) is 115 cm³/mol. The van der Waals surface area contributed by atoms with Crippen molar-refractivity contribution in [1.29, 1.82) is 0 Å². The maximum atomic E-state index is 10.3. The van der Waals surface area contributed by atoms with Gasteiger partial charge in [0, 0.05) is 6.42 Å². The molecule has 0 spiro atoms. The van der Waals surface area contributed by atoms with E-state index in [2.05, 4.69) is 6.92 Å². The average molecular weight is 369 g/mol. The van der Waals surface area contributed by atoms with E-state index in [9.17, 15) is 4.79 Å². The zero-order chi connectivity index (χ0) is 19.1. The van der Waals surface area contributed by atoms with E-state index >= 15 is 0 Å². The molecule has 1 aliphatic carbocycles. The minimum absolute atomic E-state index is 0.345. The Bertz CT molecular complexity index is 260. The molecule has 0 aliphatic heterocycles. The van der Waals surface area contributed by atoms with Gasteiger partial charge in [0.1, 0.15) is 0 Å². The fourth-order valence-electron chi connectivity index (χ4n) is 3.71. The summed E-state index contributed by atoms with van der Waals surface area (Å²) < 4.78 is 0. The van der Waals surface area contributed by atoms with Crippen LogP contribution in [-0.4, -0.2) is 11.1 Å². The molecule has 0 bridgehead atoms. The van der Waals surface area contributed by atoms with Crippen molar-refractivity contribution in [3.05, 3.63) is 0 Å². The first-order valence-corrected chi connectivity index (χ1v) is 12.0. The van der Waals surface area contributed by atoms with Crippen molar-refractivity contribution in [2.75, 3.05) is 0 Å². The zero-order valence-electron chi connectivity index (χ0n) is 17.9. The summed E-state index contributed by atoms with van der Waals surface area (Å²) in [6, 6.07) is 0. The third-order valence-electron chi connectivity index (χ3n) is 5.49. The lowest BCUT2D eigenvalue weighted by molar-refractivity contribution is -0.137. The van der Waals surface area contributed by atoms with E-state index in [0.29, 0.717) is 6.42 Å². The third-order valence-corrected chi connectivity index (χ3v) is 5.49. The van der Waals surface area contributed by atoms with Gasteiger partial charge < -0.3 is 5.11 Å². The van der Waals surface area contributed by atoms with E-state index in [4.69, 9.17) is 5.11 Å². The molecule has 1 saturated carbocycles. The molecular weight excluding hydrogens is 320 g/mol. The van der Waals surface area contributed by atoms with E-state index in [1.807, 2.05) is 0 Å². The van der Waals surface area contributed by atoms with E-state index in [0.717, 1.165) is 12.8 Å². The highest BCUT2D eigenvalue weighted by Crippen LogP contribution is 2.15. The summed E-state index contributed by atoms with van der Waals surface area (Å²) in [6.45, 7) is 2.27. The highest BCUT2D eigenvalue weighted by atomic mass is 16.4. The molecular formula is C24H48O2. The first-order valence-electron chi connectivity index (χ1n) is 12.0. The SMILES string of the molecule is C1CCCCC1.CCCCCCCCCCCCCCCCCC(=O)O. The maximum absolute atomic E-state index is 10.3. The van der Waals surface area contributed by atoms with Gasteiger partial charge in [0.05, 0.1) is 0 Å². The Morgan fingerprint density at radius 2 is 0.808 bits per heavy atom. The first kappa shape index (κ1) is 25.5. The highest BCUT2D eigenvalue weighted by molar-refractivity contribution is 5.66. The molecule has 0 aromatic heterocycles. The molecule has 0 aromatic carbocycles. The van der Waals surface area contributed by atoms with Crippen LogP contribution in [0, 0.1) is 0 Å². The summed E-state index contributed by atoms with van der Waals surface area (Å²) in [5.74, 6) is -0.653. The van der Waals surface area contributed by atoms with Gasteiger partial charge in [-0.3, -0.25) is 4.79 Å². The number of carbonyl (C=O) groups is 1. The number of hydrogen-bond donors (Lipinski definition) is 1. The minimum atomic E-state index is -0.653. The fraction of sp³-hybridized carbons (Fsp3) is 0.958. The maximum Gasteiger partial charge on any atom is 0.303 e. The van der Waals surface area contributed by atoms with Crippen molar-refractivity contribution >= 4 is 5.97 Å². The molecule has 0 heterocycles.